The first-order chi connectivity index (χ1) is 14.0. The maximum Gasteiger partial charge on any atom is 1.00 e. The van der Waals surface area contributed by atoms with Crippen LogP contribution in [0.2, 0.25) is 0 Å². The quantitative estimate of drug-likeness (QED) is 0.155. The number of aromatic nitrogens is 2. The van der Waals surface area contributed by atoms with Crippen molar-refractivity contribution >= 4 is 23.3 Å². The number of nitrogens with zero attached hydrogens (tertiary/aromatic N) is 3. The van der Waals surface area contributed by atoms with Crippen molar-refractivity contribution in [2.24, 2.45) is 0 Å². The molecule has 0 spiro atoms. The SMILES string of the molecule is C=CC.[CH-]=C(C=[N-])c1cnc(N)c(NCCCNCCc2ccc(OC)nc2)c1.[K+]. The molecule has 156 valence electrons. The van der Waals surface area contributed by atoms with E-state index in [-0.39, 0.29) is 57.0 Å². The Morgan fingerprint density at radius 2 is 2.00 bits per heavy atom. The fourth-order valence-corrected chi connectivity index (χ4v) is 2.32. The second-order valence-electron chi connectivity index (χ2n) is 6.14. The minimum absolute atomic E-state index is 0. The standard InChI is InChI=1S/C19H24N6O.C3H6.K/c1-14(11-20)16-10-17(19(21)25-13-16)23-8-3-7-22-9-6-15-4-5-18(26-2)24-12-15;1-3-2;/h1,4-5,10-13,22-23H,3,6-9H2,2H3,(H2,21,25);3H,1H2,2H3;/q-2;;+1. The van der Waals surface area contributed by atoms with Gasteiger partial charge in [-0.1, -0.05) is 18.2 Å². The summed E-state index contributed by atoms with van der Waals surface area (Å²) in [5, 5.41) is 15.6. The summed E-state index contributed by atoms with van der Waals surface area (Å²) >= 11 is 0. The summed E-state index contributed by atoms with van der Waals surface area (Å²) in [5.41, 5.74) is 8.59. The Balaban J connectivity index is 0.00000198. The molecule has 2 heterocycles. The first-order valence-electron chi connectivity index (χ1n) is 9.42. The summed E-state index contributed by atoms with van der Waals surface area (Å²) in [6.07, 6.45) is 7.79. The van der Waals surface area contributed by atoms with Gasteiger partial charge in [-0.3, -0.25) is 4.98 Å². The molecule has 0 unspecified atom stereocenters. The van der Waals surface area contributed by atoms with Crippen LogP contribution in [0.25, 0.3) is 11.0 Å². The van der Waals surface area contributed by atoms with Crippen LogP contribution in [-0.4, -0.2) is 42.9 Å². The van der Waals surface area contributed by atoms with Crippen LogP contribution in [0.3, 0.4) is 0 Å². The number of anilines is 2. The van der Waals surface area contributed by atoms with E-state index in [1.54, 1.807) is 19.3 Å². The average Bonchev–Trinajstić information content (AvgIpc) is 2.74. The zero-order valence-corrected chi connectivity index (χ0v) is 21.3. The van der Waals surface area contributed by atoms with E-state index in [4.69, 9.17) is 22.5 Å². The monoisotopic (exact) mass is 433 g/mol. The van der Waals surface area contributed by atoms with Gasteiger partial charge in [-0.25, -0.2) is 17.1 Å². The molecule has 2 aromatic heterocycles. The Kier molecular flexibility index (Phi) is 16.3. The van der Waals surface area contributed by atoms with Crippen molar-refractivity contribution in [2.45, 2.75) is 19.8 Å². The minimum Gasteiger partial charge on any atom is -0.879 e. The van der Waals surface area contributed by atoms with Gasteiger partial charge in [0.15, 0.2) is 0 Å². The molecule has 4 N–H and O–H groups in total. The van der Waals surface area contributed by atoms with Crippen molar-refractivity contribution in [3.63, 3.8) is 0 Å². The predicted molar refractivity (Wildman–Crippen MR) is 122 cm³/mol. The summed E-state index contributed by atoms with van der Waals surface area (Å²) in [4.78, 5) is 8.26. The summed E-state index contributed by atoms with van der Waals surface area (Å²) in [6, 6.07) is 5.66. The van der Waals surface area contributed by atoms with Gasteiger partial charge in [0, 0.05) is 18.8 Å². The fourth-order valence-electron chi connectivity index (χ4n) is 2.32. The van der Waals surface area contributed by atoms with Crippen molar-refractivity contribution in [1.29, 1.82) is 0 Å². The molecular formula is C22H30KN6O-. The Bertz CT molecular complexity index is 780. The van der Waals surface area contributed by atoms with Gasteiger partial charge >= 0.3 is 51.4 Å². The molecule has 0 aromatic carbocycles. The molecule has 8 heteroatoms. The number of nitrogen functional groups attached to an aromatic ring is 1. The minimum atomic E-state index is 0. The van der Waals surface area contributed by atoms with Crippen molar-refractivity contribution in [3.05, 3.63) is 66.4 Å². The Hall–Kier alpha value is -1.55. The van der Waals surface area contributed by atoms with Gasteiger partial charge in [0.05, 0.1) is 12.8 Å². The number of rotatable bonds is 11. The summed E-state index contributed by atoms with van der Waals surface area (Å²) in [5.74, 6) is 1.03. The maximum absolute atomic E-state index is 8.97. The number of methoxy groups -OCH3 is 1. The van der Waals surface area contributed by atoms with Gasteiger partial charge in [0.2, 0.25) is 5.88 Å². The number of nitrogens with two attached hydrogens (primary N) is 1. The Morgan fingerprint density at radius 1 is 1.27 bits per heavy atom. The Labute approximate surface area is 222 Å². The molecule has 2 rings (SSSR count). The zero-order valence-electron chi connectivity index (χ0n) is 18.2. The molecule has 7 nitrogen and oxygen atoms in total. The molecule has 0 aliphatic carbocycles. The topological polar surface area (TPSA) is 107 Å². The van der Waals surface area contributed by atoms with E-state index in [9.17, 15) is 0 Å². The molecule has 0 atom stereocenters. The van der Waals surface area contributed by atoms with Crippen molar-refractivity contribution < 1.29 is 56.1 Å². The van der Waals surface area contributed by atoms with Crippen molar-refractivity contribution in [1.82, 2.24) is 15.3 Å². The van der Waals surface area contributed by atoms with Crippen LogP contribution in [0.4, 0.5) is 11.5 Å². The van der Waals surface area contributed by atoms with Crippen LogP contribution >= 0.6 is 0 Å². The maximum atomic E-state index is 8.97. The molecular weight excluding hydrogens is 403 g/mol. The molecule has 0 saturated carbocycles. The Morgan fingerprint density at radius 3 is 2.60 bits per heavy atom. The van der Waals surface area contributed by atoms with Crippen LogP contribution in [0.15, 0.2) is 43.2 Å². The van der Waals surface area contributed by atoms with Crippen molar-refractivity contribution in [3.8, 4) is 5.88 Å². The second-order valence-corrected chi connectivity index (χ2v) is 6.14. The third kappa shape index (κ3) is 11.0. The van der Waals surface area contributed by atoms with E-state index in [2.05, 4.69) is 27.2 Å². The van der Waals surface area contributed by atoms with Gasteiger partial charge in [-0.05, 0) is 44.6 Å². The third-order valence-corrected chi connectivity index (χ3v) is 3.83. The number of ether oxygens (including phenoxy) is 1. The number of hydrogen-bond acceptors (Lipinski definition) is 6. The summed E-state index contributed by atoms with van der Waals surface area (Å²) in [6.45, 7) is 13.4. The molecule has 0 saturated heterocycles. The predicted octanol–water partition coefficient (Wildman–Crippen LogP) is 0.355. The molecule has 30 heavy (non-hydrogen) atoms. The van der Waals surface area contributed by atoms with Gasteiger partial charge in [-0.15, -0.1) is 12.1 Å². The van der Waals surface area contributed by atoms with Crippen LogP contribution in [0.5, 0.6) is 5.88 Å². The first-order valence-corrected chi connectivity index (χ1v) is 9.42. The molecule has 0 aliphatic heterocycles. The number of pyridine rings is 2. The molecule has 2 aromatic rings. The van der Waals surface area contributed by atoms with E-state index in [1.807, 2.05) is 25.3 Å². The molecule has 0 radical (unpaired) electrons. The van der Waals surface area contributed by atoms with Crippen LogP contribution in [0, 0.1) is 6.58 Å². The summed E-state index contributed by atoms with van der Waals surface area (Å²) in [7, 11) is 1.61. The molecule has 0 fully saturated rings. The van der Waals surface area contributed by atoms with Crippen molar-refractivity contribution in [2.75, 3.05) is 37.8 Å². The average molecular weight is 434 g/mol. The van der Waals surface area contributed by atoms with Gasteiger partial charge < -0.3 is 32.7 Å². The van der Waals surface area contributed by atoms with Crippen LogP contribution in [-0.2, 0) is 6.42 Å². The normalized spacial score (nSPS) is 9.40. The van der Waals surface area contributed by atoms with Crippen LogP contribution < -0.4 is 72.5 Å². The second kappa shape index (κ2) is 17.2. The number of nitrogens with one attached hydrogen (secondary N) is 2. The molecule has 0 amide bonds. The number of hydrogen-bond donors (Lipinski definition) is 3. The number of allylic oxidation sites excluding steroid dienone is 2. The third-order valence-electron chi connectivity index (χ3n) is 3.83. The van der Waals surface area contributed by atoms with Gasteiger partial charge in [0.25, 0.3) is 0 Å². The summed E-state index contributed by atoms with van der Waals surface area (Å²) < 4.78 is 5.04. The molecule has 0 bridgehead atoms. The van der Waals surface area contributed by atoms with Gasteiger partial charge in [-0.2, -0.15) is 0 Å². The smallest absolute Gasteiger partial charge is 0.879 e. The van der Waals surface area contributed by atoms with Gasteiger partial charge in [0.1, 0.15) is 5.82 Å². The zero-order chi connectivity index (χ0) is 21.5. The van der Waals surface area contributed by atoms with E-state index >= 15 is 0 Å². The van der Waals surface area contributed by atoms with E-state index in [0.717, 1.165) is 38.7 Å². The first kappa shape index (κ1) is 28.4. The van der Waals surface area contributed by atoms with E-state index in [0.29, 0.717) is 22.9 Å². The molecule has 0 aliphatic rings. The van der Waals surface area contributed by atoms with Crippen LogP contribution in [0.1, 0.15) is 24.5 Å². The largest absolute Gasteiger partial charge is 1.00 e. The van der Waals surface area contributed by atoms with E-state index < -0.39 is 0 Å². The fraction of sp³-hybridized carbons (Fsp3) is 0.318. The van der Waals surface area contributed by atoms with E-state index in [1.165, 1.54) is 11.8 Å².